The topological polar surface area (TPSA) is 75.2 Å². The molecule has 1 aromatic heterocycles. The van der Waals surface area contributed by atoms with Crippen LogP contribution >= 0.6 is 0 Å². The van der Waals surface area contributed by atoms with Gasteiger partial charge in [-0.05, 0) is 6.92 Å². The standard InChI is InChI=1S/C7H7F3N2O3/c1-3-5(15-6(13)14)4(12-11-3)2-7(8,9)10/h2H2,1H3,(H,11,12)(H,13,14). The highest BCUT2D eigenvalue weighted by molar-refractivity contribution is 5.62. The smallest absolute Gasteiger partial charge is 0.449 e. The lowest BCUT2D eigenvalue weighted by molar-refractivity contribution is -0.128. The maximum absolute atomic E-state index is 12.0. The number of halogens is 3. The quantitative estimate of drug-likeness (QED) is 0.752. The van der Waals surface area contributed by atoms with E-state index < -0.39 is 24.4 Å². The number of carboxylic acid groups (broad SMARTS) is 1. The molecular formula is C7H7F3N2O3. The zero-order valence-electron chi connectivity index (χ0n) is 7.55. The van der Waals surface area contributed by atoms with Crippen molar-refractivity contribution in [1.29, 1.82) is 0 Å². The largest absolute Gasteiger partial charge is 0.511 e. The van der Waals surface area contributed by atoms with E-state index in [2.05, 4.69) is 14.9 Å². The van der Waals surface area contributed by atoms with Gasteiger partial charge in [-0.1, -0.05) is 0 Å². The fourth-order valence-electron chi connectivity index (χ4n) is 1.00. The first-order valence-electron chi connectivity index (χ1n) is 3.81. The Labute approximate surface area is 81.9 Å². The molecular weight excluding hydrogens is 217 g/mol. The molecule has 0 aromatic carbocycles. The van der Waals surface area contributed by atoms with Gasteiger partial charge < -0.3 is 9.84 Å². The van der Waals surface area contributed by atoms with E-state index in [1.165, 1.54) is 6.92 Å². The number of aryl methyl sites for hydroxylation is 1. The van der Waals surface area contributed by atoms with Gasteiger partial charge in [-0.15, -0.1) is 0 Å². The van der Waals surface area contributed by atoms with Crippen molar-refractivity contribution >= 4 is 6.16 Å². The van der Waals surface area contributed by atoms with Gasteiger partial charge in [-0.2, -0.15) is 18.3 Å². The van der Waals surface area contributed by atoms with Crippen molar-refractivity contribution in [2.75, 3.05) is 0 Å². The second-order valence-corrected chi connectivity index (χ2v) is 2.78. The van der Waals surface area contributed by atoms with Gasteiger partial charge in [-0.25, -0.2) is 4.79 Å². The first-order valence-corrected chi connectivity index (χ1v) is 3.81. The average molecular weight is 224 g/mol. The van der Waals surface area contributed by atoms with Crippen LogP contribution in [0.25, 0.3) is 0 Å². The maximum Gasteiger partial charge on any atom is 0.511 e. The fraction of sp³-hybridized carbons (Fsp3) is 0.429. The molecule has 8 heteroatoms. The number of carbonyl (C=O) groups is 1. The summed E-state index contributed by atoms with van der Waals surface area (Å²) in [7, 11) is 0. The van der Waals surface area contributed by atoms with Crippen molar-refractivity contribution in [3.63, 3.8) is 0 Å². The summed E-state index contributed by atoms with van der Waals surface area (Å²) in [5.41, 5.74) is -0.334. The number of nitrogens with one attached hydrogen (secondary N) is 1. The molecule has 1 aromatic rings. The second kappa shape index (κ2) is 3.79. The van der Waals surface area contributed by atoms with Gasteiger partial charge in [0.2, 0.25) is 0 Å². The van der Waals surface area contributed by atoms with E-state index in [0.29, 0.717) is 0 Å². The molecule has 0 fully saturated rings. The minimum Gasteiger partial charge on any atom is -0.449 e. The molecule has 2 N–H and O–H groups in total. The molecule has 15 heavy (non-hydrogen) atoms. The van der Waals surface area contributed by atoms with Crippen LogP contribution in [-0.2, 0) is 6.42 Å². The van der Waals surface area contributed by atoms with E-state index in [0.717, 1.165) is 0 Å². The Hall–Kier alpha value is -1.73. The summed E-state index contributed by atoms with van der Waals surface area (Å²) in [4.78, 5) is 10.2. The van der Waals surface area contributed by atoms with Crippen molar-refractivity contribution in [3.05, 3.63) is 11.4 Å². The Morgan fingerprint density at radius 1 is 1.60 bits per heavy atom. The molecule has 1 rings (SSSR count). The molecule has 5 nitrogen and oxygen atoms in total. The summed E-state index contributed by atoms with van der Waals surface area (Å²) in [6.07, 6.45) is -7.47. The van der Waals surface area contributed by atoms with Gasteiger partial charge in [0.1, 0.15) is 5.69 Å². The fourth-order valence-corrected chi connectivity index (χ4v) is 1.00. The zero-order valence-corrected chi connectivity index (χ0v) is 7.55. The summed E-state index contributed by atoms with van der Waals surface area (Å²) in [5.74, 6) is -0.389. The van der Waals surface area contributed by atoms with Crippen LogP contribution in [0.4, 0.5) is 18.0 Å². The Balaban J connectivity index is 2.93. The number of aromatic nitrogens is 2. The summed E-state index contributed by atoms with van der Waals surface area (Å²) in [6.45, 7) is 1.37. The number of hydrogen-bond donors (Lipinski definition) is 2. The van der Waals surface area contributed by atoms with Crippen LogP contribution in [0.2, 0.25) is 0 Å². The molecule has 0 unspecified atom stereocenters. The molecule has 0 radical (unpaired) electrons. The van der Waals surface area contributed by atoms with E-state index in [1.807, 2.05) is 0 Å². The van der Waals surface area contributed by atoms with Crippen LogP contribution in [0.1, 0.15) is 11.4 Å². The zero-order chi connectivity index (χ0) is 11.6. The molecule has 0 saturated heterocycles. The van der Waals surface area contributed by atoms with Crippen molar-refractivity contribution in [1.82, 2.24) is 10.2 Å². The third kappa shape index (κ3) is 3.15. The molecule has 0 spiro atoms. The van der Waals surface area contributed by atoms with Gasteiger partial charge in [0, 0.05) is 0 Å². The van der Waals surface area contributed by atoms with Crippen LogP contribution in [0, 0.1) is 6.92 Å². The number of nitrogens with zero attached hydrogens (tertiary/aromatic N) is 1. The van der Waals surface area contributed by atoms with Crippen molar-refractivity contribution in [2.24, 2.45) is 0 Å². The summed E-state index contributed by atoms with van der Waals surface area (Å²) >= 11 is 0. The Morgan fingerprint density at radius 2 is 2.20 bits per heavy atom. The minimum atomic E-state index is -4.46. The van der Waals surface area contributed by atoms with E-state index >= 15 is 0 Å². The lowest BCUT2D eigenvalue weighted by Gasteiger charge is -2.05. The first kappa shape index (κ1) is 11.3. The molecule has 84 valence electrons. The van der Waals surface area contributed by atoms with E-state index in [4.69, 9.17) is 5.11 Å². The number of hydrogen-bond acceptors (Lipinski definition) is 3. The lowest BCUT2D eigenvalue weighted by Crippen LogP contribution is -2.14. The van der Waals surface area contributed by atoms with E-state index in [1.54, 1.807) is 0 Å². The molecule has 0 aliphatic carbocycles. The van der Waals surface area contributed by atoms with Crippen LogP contribution < -0.4 is 4.74 Å². The molecule has 0 amide bonds. The summed E-state index contributed by atoms with van der Waals surface area (Å²) in [5, 5.41) is 13.8. The number of ether oxygens (including phenoxy) is 1. The monoisotopic (exact) mass is 224 g/mol. The normalized spacial score (nSPS) is 11.5. The van der Waals surface area contributed by atoms with Crippen LogP contribution in [0.15, 0.2) is 0 Å². The van der Waals surface area contributed by atoms with Crippen molar-refractivity contribution < 1.29 is 27.8 Å². The summed E-state index contributed by atoms with van der Waals surface area (Å²) in [6, 6.07) is 0. The number of rotatable bonds is 2. The molecule has 0 atom stereocenters. The SMILES string of the molecule is Cc1[nH]nc(CC(F)(F)F)c1OC(=O)O. The van der Waals surface area contributed by atoms with Gasteiger partial charge in [0.05, 0.1) is 12.1 Å². The second-order valence-electron chi connectivity index (χ2n) is 2.78. The van der Waals surface area contributed by atoms with Crippen molar-refractivity contribution in [3.8, 4) is 5.75 Å². The number of aromatic amines is 1. The number of H-pyrrole nitrogens is 1. The molecule has 0 aliphatic rings. The minimum absolute atomic E-state index is 0.136. The lowest BCUT2D eigenvalue weighted by atomic mass is 10.2. The highest BCUT2D eigenvalue weighted by Crippen LogP contribution is 2.28. The molecule has 0 saturated carbocycles. The first-order chi connectivity index (χ1) is 6.79. The summed E-state index contributed by atoms with van der Waals surface area (Å²) < 4.78 is 40.2. The third-order valence-electron chi connectivity index (χ3n) is 1.52. The highest BCUT2D eigenvalue weighted by Gasteiger charge is 2.32. The van der Waals surface area contributed by atoms with E-state index in [9.17, 15) is 18.0 Å². The average Bonchev–Trinajstić information content (AvgIpc) is 2.32. The Morgan fingerprint density at radius 3 is 2.67 bits per heavy atom. The predicted molar refractivity (Wildman–Crippen MR) is 41.7 cm³/mol. The highest BCUT2D eigenvalue weighted by atomic mass is 19.4. The van der Waals surface area contributed by atoms with Crippen molar-refractivity contribution in [2.45, 2.75) is 19.5 Å². The van der Waals surface area contributed by atoms with Gasteiger partial charge in [0.25, 0.3) is 0 Å². The molecule has 0 aliphatic heterocycles. The van der Waals surface area contributed by atoms with Gasteiger partial charge >= 0.3 is 12.3 Å². The van der Waals surface area contributed by atoms with Gasteiger partial charge in [-0.3, -0.25) is 5.10 Å². The third-order valence-corrected chi connectivity index (χ3v) is 1.52. The maximum atomic E-state index is 12.0. The Kier molecular flexibility index (Phi) is 2.87. The van der Waals surface area contributed by atoms with Crippen LogP contribution in [0.5, 0.6) is 5.75 Å². The Bertz CT molecular complexity index is 372. The van der Waals surface area contributed by atoms with Crippen LogP contribution in [-0.4, -0.2) is 27.6 Å². The van der Waals surface area contributed by atoms with E-state index in [-0.39, 0.29) is 11.4 Å². The van der Waals surface area contributed by atoms with Gasteiger partial charge in [0.15, 0.2) is 5.75 Å². The predicted octanol–water partition coefficient (Wildman–Crippen LogP) is 1.88. The molecule has 1 heterocycles. The number of alkyl halides is 3. The molecule has 0 bridgehead atoms. The van der Waals surface area contributed by atoms with Crippen LogP contribution in [0.3, 0.4) is 0 Å².